The first-order chi connectivity index (χ1) is 8.34. The van der Waals surface area contributed by atoms with Crippen LogP contribution in [0.5, 0.6) is 0 Å². The number of alkyl halides is 3. The molecule has 0 saturated heterocycles. The number of hydrogen-bond donors (Lipinski definition) is 1. The monoisotopic (exact) mass is 259 g/mol. The molecule has 0 aliphatic rings. The Morgan fingerprint density at radius 2 is 2.11 bits per heavy atom. The van der Waals surface area contributed by atoms with Crippen LogP contribution in [0.25, 0.3) is 6.08 Å². The van der Waals surface area contributed by atoms with Crippen molar-refractivity contribution in [3.63, 3.8) is 0 Å². The minimum Gasteiger partial charge on any atom is -0.463 e. The summed E-state index contributed by atoms with van der Waals surface area (Å²) in [5.74, 6) is -0.630. The third kappa shape index (κ3) is 3.80. The van der Waals surface area contributed by atoms with Crippen LogP contribution in [-0.2, 0) is 15.7 Å². The number of benzene rings is 1. The standard InChI is InChI=1S/C12H12F3NO2/c1-2-18-11(17)6-3-8-7-9(12(13,14)15)4-5-10(8)16/h3-7H,2,16H2,1H3/b6-3+. The summed E-state index contributed by atoms with van der Waals surface area (Å²) in [6.07, 6.45) is -2.21. The first-order valence-electron chi connectivity index (χ1n) is 5.16. The van der Waals surface area contributed by atoms with Crippen LogP contribution in [0.15, 0.2) is 24.3 Å². The molecule has 2 N–H and O–H groups in total. The Bertz CT molecular complexity index is 467. The number of anilines is 1. The number of esters is 1. The number of nitrogens with two attached hydrogens (primary N) is 1. The van der Waals surface area contributed by atoms with E-state index in [-0.39, 0.29) is 17.9 Å². The molecule has 1 aromatic rings. The van der Waals surface area contributed by atoms with Gasteiger partial charge in [-0.15, -0.1) is 0 Å². The van der Waals surface area contributed by atoms with E-state index in [1.807, 2.05) is 0 Å². The number of halogens is 3. The van der Waals surface area contributed by atoms with Crippen molar-refractivity contribution in [1.82, 2.24) is 0 Å². The zero-order chi connectivity index (χ0) is 13.8. The van der Waals surface area contributed by atoms with Crippen molar-refractivity contribution >= 4 is 17.7 Å². The summed E-state index contributed by atoms with van der Waals surface area (Å²) in [4.78, 5) is 11.0. The summed E-state index contributed by atoms with van der Waals surface area (Å²) >= 11 is 0. The highest BCUT2D eigenvalue weighted by Crippen LogP contribution is 2.31. The molecule has 98 valence electrons. The van der Waals surface area contributed by atoms with E-state index in [9.17, 15) is 18.0 Å². The lowest BCUT2D eigenvalue weighted by molar-refractivity contribution is -0.138. The molecule has 0 aliphatic carbocycles. The average Bonchev–Trinajstić information content (AvgIpc) is 2.26. The second-order valence-electron chi connectivity index (χ2n) is 3.43. The molecule has 0 aromatic heterocycles. The number of carbonyl (C=O) groups is 1. The minimum atomic E-state index is -4.44. The Hall–Kier alpha value is -1.98. The minimum absolute atomic E-state index is 0.123. The van der Waals surface area contributed by atoms with Gasteiger partial charge in [-0.1, -0.05) is 0 Å². The molecule has 0 amide bonds. The van der Waals surface area contributed by atoms with Crippen molar-refractivity contribution < 1.29 is 22.7 Å². The van der Waals surface area contributed by atoms with Crippen LogP contribution in [0.1, 0.15) is 18.1 Å². The molecule has 0 unspecified atom stereocenters. The van der Waals surface area contributed by atoms with E-state index in [1.54, 1.807) is 6.92 Å². The topological polar surface area (TPSA) is 52.3 Å². The molecule has 0 heterocycles. The smallest absolute Gasteiger partial charge is 0.416 e. The second kappa shape index (κ2) is 5.57. The van der Waals surface area contributed by atoms with E-state index in [4.69, 9.17) is 5.73 Å². The van der Waals surface area contributed by atoms with E-state index in [2.05, 4.69) is 4.74 Å². The Balaban J connectivity index is 2.98. The van der Waals surface area contributed by atoms with Gasteiger partial charge in [0.15, 0.2) is 0 Å². The van der Waals surface area contributed by atoms with Gasteiger partial charge in [-0.05, 0) is 36.8 Å². The van der Waals surface area contributed by atoms with E-state index in [1.165, 1.54) is 6.08 Å². The maximum atomic E-state index is 12.5. The lowest BCUT2D eigenvalue weighted by atomic mass is 10.1. The van der Waals surface area contributed by atoms with E-state index in [0.717, 1.165) is 24.3 Å². The maximum Gasteiger partial charge on any atom is 0.416 e. The van der Waals surface area contributed by atoms with Crippen molar-refractivity contribution in [2.24, 2.45) is 0 Å². The van der Waals surface area contributed by atoms with E-state index >= 15 is 0 Å². The van der Waals surface area contributed by atoms with Crippen molar-refractivity contribution in [1.29, 1.82) is 0 Å². The molecule has 6 heteroatoms. The van der Waals surface area contributed by atoms with Crippen LogP contribution in [0, 0.1) is 0 Å². The molecule has 0 saturated carbocycles. The number of nitrogen functional groups attached to an aromatic ring is 1. The molecule has 1 aromatic carbocycles. The van der Waals surface area contributed by atoms with Crippen LogP contribution in [0.3, 0.4) is 0 Å². The van der Waals surface area contributed by atoms with Crippen molar-refractivity contribution in [2.75, 3.05) is 12.3 Å². The molecular weight excluding hydrogens is 247 g/mol. The van der Waals surface area contributed by atoms with Crippen LogP contribution >= 0.6 is 0 Å². The fourth-order valence-corrected chi connectivity index (χ4v) is 1.24. The Morgan fingerprint density at radius 3 is 2.67 bits per heavy atom. The van der Waals surface area contributed by atoms with Crippen LogP contribution in [-0.4, -0.2) is 12.6 Å². The molecule has 1 rings (SSSR count). The van der Waals surface area contributed by atoms with Gasteiger partial charge in [0.25, 0.3) is 0 Å². The van der Waals surface area contributed by atoms with Gasteiger partial charge in [-0.25, -0.2) is 4.79 Å². The van der Waals surface area contributed by atoms with Gasteiger partial charge >= 0.3 is 12.1 Å². The largest absolute Gasteiger partial charge is 0.463 e. The molecule has 0 spiro atoms. The Morgan fingerprint density at radius 1 is 1.44 bits per heavy atom. The molecule has 0 fully saturated rings. The molecule has 0 bridgehead atoms. The summed E-state index contributed by atoms with van der Waals surface area (Å²) < 4.78 is 42.0. The summed E-state index contributed by atoms with van der Waals surface area (Å²) in [5, 5.41) is 0. The first-order valence-corrected chi connectivity index (χ1v) is 5.16. The predicted octanol–water partition coefficient (Wildman–Crippen LogP) is 2.86. The van der Waals surface area contributed by atoms with Gasteiger partial charge in [0, 0.05) is 11.8 Å². The van der Waals surface area contributed by atoms with Crippen LogP contribution < -0.4 is 5.73 Å². The predicted molar refractivity (Wildman–Crippen MR) is 61.5 cm³/mol. The fraction of sp³-hybridized carbons (Fsp3) is 0.250. The zero-order valence-corrected chi connectivity index (χ0v) is 9.62. The molecule has 0 aliphatic heterocycles. The SMILES string of the molecule is CCOC(=O)/C=C/c1cc(C(F)(F)F)ccc1N. The third-order valence-corrected chi connectivity index (χ3v) is 2.10. The van der Waals surface area contributed by atoms with Crippen LogP contribution in [0.4, 0.5) is 18.9 Å². The zero-order valence-electron chi connectivity index (χ0n) is 9.62. The molecule has 3 nitrogen and oxygen atoms in total. The maximum absolute atomic E-state index is 12.5. The van der Waals surface area contributed by atoms with Gasteiger partial charge in [0.2, 0.25) is 0 Å². The highest BCUT2D eigenvalue weighted by molar-refractivity contribution is 5.88. The van der Waals surface area contributed by atoms with E-state index < -0.39 is 17.7 Å². The highest BCUT2D eigenvalue weighted by Gasteiger charge is 2.30. The molecular formula is C12H12F3NO2. The number of ether oxygens (including phenoxy) is 1. The lowest BCUT2D eigenvalue weighted by Crippen LogP contribution is -2.06. The van der Waals surface area contributed by atoms with E-state index in [0.29, 0.717) is 0 Å². The summed E-state index contributed by atoms with van der Waals surface area (Å²) in [5.41, 5.74) is 4.98. The second-order valence-corrected chi connectivity index (χ2v) is 3.43. The summed E-state index contributed by atoms with van der Waals surface area (Å²) in [6, 6.07) is 2.91. The van der Waals surface area contributed by atoms with Crippen molar-refractivity contribution in [3.05, 3.63) is 35.4 Å². The first kappa shape index (κ1) is 14.1. The van der Waals surface area contributed by atoms with Gasteiger partial charge in [-0.3, -0.25) is 0 Å². The average molecular weight is 259 g/mol. The van der Waals surface area contributed by atoms with Gasteiger partial charge in [0.05, 0.1) is 12.2 Å². The van der Waals surface area contributed by atoms with Gasteiger partial charge in [-0.2, -0.15) is 13.2 Å². The number of hydrogen-bond acceptors (Lipinski definition) is 3. The highest BCUT2D eigenvalue weighted by atomic mass is 19.4. The fourth-order valence-electron chi connectivity index (χ4n) is 1.24. The van der Waals surface area contributed by atoms with Crippen molar-refractivity contribution in [3.8, 4) is 0 Å². The lowest BCUT2D eigenvalue weighted by Gasteiger charge is -2.08. The Kier molecular flexibility index (Phi) is 4.36. The summed E-state index contributed by atoms with van der Waals surface area (Å²) in [6.45, 7) is 1.83. The molecule has 0 radical (unpaired) electrons. The Labute approximate surface area is 102 Å². The number of carbonyl (C=O) groups excluding carboxylic acids is 1. The quantitative estimate of drug-likeness (QED) is 0.516. The molecule has 18 heavy (non-hydrogen) atoms. The third-order valence-electron chi connectivity index (χ3n) is 2.10. The molecule has 0 atom stereocenters. The van der Waals surface area contributed by atoms with Crippen molar-refractivity contribution in [2.45, 2.75) is 13.1 Å². The van der Waals surface area contributed by atoms with Gasteiger partial charge in [0.1, 0.15) is 0 Å². The summed E-state index contributed by atoms with van der Waals surface area (Å²) in [7, 11) is 0. The van der Waals surface area contributed by atoms with Gasteiger partial charge < -0.3 is 10.5 Å². The number of rotatable bonds is 3. The normalized spacial score (nSPS) is 11.8. The van der Waals surface area contributed by atoms with Crippen LogP contribution in [0.2, 0.25) is 0 Å².